The molecular formula is C64H108N2O51. The minimum Gasteiger partial charge on any atom is -0.394 e. The van der Waals surface area contributed by atoms with Gasteiger partial charge in [0, 0.05) is 13.8 Å². The predicted molar refractivity (Wildman–Crippen MR) is 353 cm³/mol. The maximum Gasteiger partial charge on any atom is 0.217 e. The van der Waals surface area contributed by atoms with Crippen molar-refractivity contribution in [1.29, 1.82) is 0 Å². The third-order valence-corrected chi connectivity index (χ3v) is 21.7. The van der Waals surface area contributed by atoms with Crippen molar-refractivity contribution in [2.24, 2.45) is 0 Å². The maximum atomic E-state index is 13.0. The Morgan fingerprint density at radius 2 is 0.470 bits per heavy atom. The molecule has 0 saturated carbocycles. The summed E-state index contributed by atoms with van der Waals surface area (Å²) >= 11 is 0. The Balaban J connectivity index is 1.01. The zero-order valence-corrected chi connectivity index (χ0v) is 61.9. The van der Waals surface area contributed by atoms with E-state index >= 15 is 0 Å². The Hall–Kier alpha value is -3.02. The number of carbonyl (C=O) groups excluding carboxylic acids is 2. The van der Waals surface area contributed by atoms with Gasteiger partial charge < -0.3 is 254 Å². The summed E-state index contributed by atoms with van der Waals surface area (Å²) in [6.07, 6.45) is -104. The first-order chi connectivity index (χ1) is 55.4. The van der Waals surface area contributed by atoms with Gasteiger partial charge >= 0.3 is 0 Å². The third-order valence-electron chi connectivity index (χ3n) is 21.7. The smallest absolute Gasteiger partial charge is 0.217 e. The zero-order valence-electron chi connectivity index (χ0n) is 61.9. The monoisotopic (exact) mass is 1720 g/mol. The minimum absolute atomic E-state index is 0.802. The second-order valence-electron chi connectivity index (χ2n) is 29.5. The summed E-state index contributed by atoms with van der Waals surface area (Å²) < 4.78 is 111. The molecule has 10 rings (SSSR count). The number of aliphatic hydroxyl groups excluding tert-OH is 30. The highest BCUT2D eigenvalue weighted by Crippen LogP contribution is 2.40. The molecule has 680 valence electrons. The van der Waals surface area contributed by atoms with Crippen LogP contribution in [0.25, 0.3) is 0 Å². The molecule has 0 aromatic rings. The van der Waals surface area contributed by atoms with Gasteiger partial charge in [0.25, 0.3) is 0 Å². The number of carbonyl (C=O) groups is 2. The topological polar surface area (TPSA) is 840 Å². The van der Waals surface area contributed by atoms with Crippen LogP contribution >= 0.6 is 0 Å². The average Bonchev–Trinajstić information content (AvgIpc) is 0.769. The van der Waals surface area contributed by atoms with E-state index in [9.17, 15) is 163 Å². The van der Waals surface area contributed by atoms with Gasteiger partial charge in [-0.25, -0.2) is 0 Å². The van der Waals surface area contributed by atoms with Crippen LogP contribution in [-0.2, 0) is 99.6 Å². The summed E-state index contributed by atoms with van der Waals surface area (Å²) in [6, 6.07) is -3.62. The third kappa shape index (κ3) is 20.7. The van der Waals surface area contributed by atoms with Gasteiger partial charge in [-0.1, -0.05) is 0 Å². The van der Waals surface area contributed by atoms with Gasteiger partial charge in [0.2, 0.25) is 11.8 Å². The van der Waals surface area contributed by atoms with Gasteiger partial charge in [0.15, 0.2) is 62.9 Å². The summed E-state index contributed by atoms with van der Waals surface area (Å²) in [5.74, 6) is -1.77. The Morgan fingerprint density at radius 1 is 0.222 bits per heavy atom. The number of rotatable bonds is 30. The van der Waals surface area contributed by atoms with Crippen molar-refractivity contribution in [3.05, 3.63) is 0 Å². The van der Waals surface area contributed by atoms with E-state index in [1.54, 1.807) is 0 Å². The lowest BCUT2D eigenvalue weighted by Gasteiger charge is -2.51. The summed E-state index contributed by atoms with van der Waals surface area (Å²) in [5.41, 5.74) is 0. The second kappa shape index (κ2) is 41.9. The molecule has 0 spiro atoms. The maximum absolute atomic E-state index is 13.0. The van der Waals surface area contributed by atoms with Crippen LogP contribution in [0, 0.1) is 0 Å². The summed E-state index contributed by atoms with van der Waals surface area (Å²) in [7, 11) is 0. The van der Waals surface area contributed by atoms with Crippen LogP contribution in [-0.4, -0.2) is 538 Å². The van der Waals surface area contributed by atoms with Crippen molar-refractivity contribution in [2.45, 2.75) is 321 Å². The first-order valence-electron chi connectivity index (χ1n) is 37.2. The molecule has 0 unspecified atom stereocenters. The summed E-state index contributed by atoms with van der Waals surface area (Å²) in [4.78, 5) is 25.2. The van der Waals surface area contributed by atoms with E-state index in [0.29, 0.717) is 0 Å². The average molecular weight is 1720 g/mol. The molecule has 53 nitrogen and oxygen atoms in total. The van der Waals surface area contributed by atoms with Crippen LogP contribution in [0.3, 0.4) is 0 Å². The molecule has 10 fully saturated rings. The molecule has 0 bridgehead atoms. The van der Waals surface area contributed by atoms with Crippen molar-refractivity contribution in [1.82, 2.24) is 10.6 Å². The van der Waals surface area contributed by atoms with Gasteiger partial charge in [-0.2, -0.15) is 0 Å². The normalized spacial score (nSPS) is 51.5. The number of amides is 2. The number of ether oxygens (including phenoxy) is 19. The lowest BCUT2D eigenvalue weighted by molar-refractivity contribution is -0.401. The molecule has 117 heavy (non-hydrogen) atoms. The van der Waals surface area contributed by atoms with Crippen LogP contribution in [0.5, 0.6) is 0 Å². The standard InChI is InChI=1S/C64H108N2O51/c1-13(75)65-25-35(85)48(21(9-73)101-55(25)98)111-56-26(66-14(2)76)36(86)49(22(10-74)108-56)112-61-47(97)51(114-64-54(42(92)32(82)20(8-72)107-64)117-60-45(95)39(89)29(79)17(5-69)104-60)34(84)24(110-61)11-99-57-46(96)50(113-63-53(41(91)31(81)19(7-71)106-63)116-59-44(94)38(88)28(78)16(4-68)103-59)33(83)23(109-57)12-100-62-52(40(90)30(80)18(6-70)105-62)115-58-43(93)37(87)27(77)15(3-67)102-58/h15-64,67-74,77-98H,3-12H2,1-2H3,(H,65,75)(H,66,76)/t15-,16-,17-,18-,19-,20-,21-,22-,23-,24-,25-,26-,27-,28-,29-,30-,31-,32-,33-,34-,35-,36-,37+,38+,39+,40+,41+,42+,43+,44+,45+,46+,47+,48-,49-,50+,51+,52+,53+,54+,55-,56+,57+,58-,59-,60+,61+,62+,63-,64-/m1/s1. The molecule has 32 N–H and O–H groups in total. The first kappa shape index (κ1) is 96.2. The molecule has 0 radical (unpaired) electrons. The zero-order chi connectivity index (χ0) is 85.9. The van der Waals surface area contributed by atoms with E-state index in [1.165, 1.54) is 0 Å². The SMILES string of the molecule is CC(=O)N[C@@H]1[C@@H](O)[C@H](O[C@@H]2O[C@H](CO)[C@@H](O[C@@H]3O[C@H](CO[C@H]4O[C@H](CO[C@H]5O[C@H](CO)[C@@H](O)[C@H](O)[C@@H]5O[C@H]5O[C@H](CO)[C@@H](O)[C@H](O)[C@@H]5O)[C@@H](O)[C@H](O[C@H]5O[C@H](CO)[C@@H](O)[C@H](O)[C@@H]5O[C@H]5O[C@H](CO)[C@@H](O)[C@H](O)[C@@H]5O)[C@@H]4O)[C@@H](O)[C@H](O[C@H]4O[C@H](CO)[C@@H](O)[C@H](O)[C@@H]4O[C@@H]4O[C@H](CO)[C@@H](O)[C@H](O)[C@@H]4O)[C@@H]3O)[C@H](O)[C@H]2NC(C)=O)[C@@H](CO)O[C@H]1O. The molecule has 0 aromatic carbocycles. The molecule has 10 aliphatic rings. The quantitative estimate of drug-likeness (QED) is 0.0318. The van der Waals surface area contributed by atoms with Gasteiger partial charge in [0.05, 0.1) is 66.1 Å². The second-order valence-corrected chi connectivity index (χ2v) is 29.5. The lowest BCUT2D eigenvalue weighted by Crippen LogP contribution is -2.70. The van der Waals surface area contributed by atoms with Crippen molar-refractivity contribution < 1.29 is 253 Å². The lowest BCUT2D eigenvalue weighted by atomic mass is 9.94. The van der Waals surface area contributed by atoms with Gasteiger partial charge in [-0.15, -0.1) is 0 Å². The fraction of sp³-hybridized carbons (Fsp3) is 0.969. The Morgan fingerprint density at radius 3 is 0.838 bits per heavy atom. The number of hydrogen-bond acceptors (Lipinski definition) is 51. The minimum atomic E-state index is -2.60. The molecule has 10 aliphatic heterocycles. The largest absolute Gasteiger partial charge is 0.394 e. The van der Waals surface area contributed by atoms with E-state index in [-0.39, 0.29) is 0 Å². The highest BCUT2D eigenvalue weighted by molar-refractivity contribution is 5.73. The van der Waals surface area contributed by atoms with Crippen molar-refractivity contribution >= 4 is 11.8 Å². The Bertz CT molecular complexity index is 3050. The van der Waals surface area contributed by atoms with Gasteiger partial charge in [-0.3, -0.25) is 9.59 Å². The molecular weight excluding hydrogens is 1610 g/mol. The molecule has 10 heterocycles. The van der Waals surface area contributed by atoms with E-state index in [2.05, 4.69) is 10.6 Å². The van der Waals surface area contributed by atoms with Crippen molar-refractivity contribution in [3.63, 3.8) is 0 Å². The highest BCUT2D eigenvalue weighted by atomic mass is 16.8. The molecule has 2 amide bonds. The van der Waals surface area contributed by atoms with E-state index < -0.39 is 385 Å². The summed E-state index contributed by atoms with van der Waals surface area (Å²) in [5, 5.41) is 337. The van der Waals surface area contributed by atoms with Crippen LogP contribution in [0.2, 0.25) is 0 Å². The fourth-order valence-electron chi connectivity index (χ4n) is 15.0. The van der Waals surface area contributed by atoms with Gasteiger partial charge in [-0.05, 0) is 0 Å². The summed E-state index contributed by atoms with van der Waals surface area (Å²) in [6.45, 7) is -9.35. The fourth-order valence-corrected chi connectivity index (χ4v) is 15.0. The van der Waals surface area contributed by atoms with Crippen LogP contribution in [0.15, 0.2) is 0 Å². The predicted octanol–water partition coefficient (Wildman–Crippen LogP) is -22.5. The van der Waals surface area contributed by atoms with Crippen molar-refractivity contribution in [2.75, 3.05) is 66.1 Å². The number of aliphatic hydroxyl groups is 30. The van der Waals surface area contributed by atoms with E-state index in [1.807, 2.05) is 0 Å². The van der Waals surface area contributed by atoms with Crippen LogP contribution < -0.4 is 10.6 Å². The molecule has 10 saturated heterocycles. The molecule has 0 aromatic heterocycles. The highest BCUT2D eigenvalue weighted by Gasteiger charge is 2.61. The Kier molecular flexibility index (Phi) is 34.4. The first-order valence-corrected chi connectivity index (χ1v) is 37.2. The van der Waals surface area contributed by atoms with Gasteiger partial charge in [0.1, 0.15) is 244 Å². The van der Waals surface area contributed by atoms with Crippen LogP contribution in [0.4, 0.5) is 0 Å². The van der Waals surface area contributed by atoms with Crippen molar-refractivity contribution in [3.8, 4) is 0 Å². The Labute approximate surface area is 660 Å². The molecule has 50 atom stereocenters. The number of hydrogen-bond donors (Lipinski definition) is 32. The van der Waals surface area contributed by atoms with E-state index in [0.717, 1.165) is 13.8 Å². The van der Waals surface area contributed by atoms with E-state index in [4.69, 9.17) is 90.0 Å². The number of nitrogens with one attached hydrogen (secondary N) is 2. The van der Waals surface area contributed by atoms with Crippen LogP contribution in [0.1, 0.15) is 13.8 Å². The molecule has 53 heteroatoms. The molecule has 0 aliphatic carbocycles.